The maximum Gasteiger partial charge on any atom is 0.227 e. The summed E-state index contributed by atoms with van der Waals surface area (Å²) < 4.78 is 6.20. The van der Waals surface area contributed by atoms with Crippen molar-refractivity contribution in [3.05, 3.63) is 54.4 Å². The lowest BCUT2D eigenvalue weighted by atomic mass is 10.1. The van der Waals surface area contributed by atoms with E-state index in [4.69, 9.17) is 4.42 Å². The van der Waals surface area contributed by atoms with E-state index in [0.717, 1.165) is 45.9 Å². The van der Waals surface area contributed by atoms with Gasteiger partial charge in [0.05, 0.1) is 18.0 Å². The Hall–Kier alpha value is -3.08. The highest BCUT2D eigenvalue weighted by Gasteiger charge is 2.31. The summed E-state index contributed by atoms with van der Waals surface area (Å²) in [7, 11) is 0. The number of anilines is 3. The molecule has 1 aliphatic rings. The van der Waals surface area contributed by atoms with Gasteiger partial charge in [-0.3, -0.25) is 0 Å². The van der Waals surface area contributed by atoms with E-state index in [0.29, 0.717) is 11.8 Å². The summed E-state index contributed by atoms with van der Waals surface area (Å²) in [5.74, 6) is 1.02. The second-order valence-corrected chi connectivity index (χ2v) is 7.04. The van der Waals surface area contributed by atoms with Gasteiger partial charge in [0.2, 0.25) is 5.71 Å². The molecule has 0 radical (unpaired) electrons. The highest BCUT2D eigenvalue weighted by molar-refractivity contribution is 6.09. The summed E-state index contributed by atoms with van der Waals surface area (Å²) in [5.41, 5.74) is 4.69. The minimum atomic E-state index is 0.368. The van der Waals surface area contributed by atoms with Gasteiger partial charge in [0.15, 0.2) is 11.4 Å². The number of pyridine rings is 2. The van der Waals surface area contributed by atoms with Crippen LogP contribution in [-0.4, -0.2) is 22.7 Å². The molecule has 3 aromatic heterocycles. The molecule has 0 saturated carbocycles. The molecule has 0 spiro atoms. The Balaban J connectivity index is 1.74. The van der Waals surface area contributed by atoms with Crippen LogP contribution in [0.2, 0.25) is 0 Å². The SMILES string of the molecule is Cc1ccc2c(n1)oc1c(N3CN(C(C)C)c4ncccc43)cccc12. The summed E-state index contributed by atoms with van der Waals surface area (Å²) in [5, 5.41) is 2.15. The van der Waals surface area contributed by atoms with Gasteiger partial charge in [0.25, 0.3) is 0 Å². The van der Waals surface area contributed by atoms with E-state index in [-0.39, 0.29) is 0 Å². The quantitative estimate of drug-likeness (QED) is 0.511. The van der Waals surface area contributed by atoms with Crippen molar-refractivity contribution in [3.8, 4) is 0 Å². The van der Waals surface area contributed by atoms with Gasteiger partial charge in [-0.25, -0.2) is 9.97 Å². The zero-order chi connectivity index (χ0) is 17.8. The predicted octanol–water partition coefficient (Wildman–Crippen LogP) is 5.01. The van der Waals surface area contributed by atoms with E-state index in [1.165, 1.54) is 0 Å². The number of fused-ring (bicyclic) bond motifs is 4. The smallest absolute Gasteiger partial charge is 0.227 e. The van der Waals surface area contributed by atoms with Crippen molar-refractivity contribution in [2.75, 3.05) is 16.5 Å². The number of rotatable bonds is 2. The maximum absolute atomic E-state index is 6.20. The molecule has 5 heteroatoms. The molecule has 26 heavy (non-hydrogen) atoms. The fraction of sp³-hybridized carbons (Fsp3) is 0.238. The van der Waals surface area contributed by atoms with Gasteiger partial charge in [0.1, 0.15) is 0 Å². The van der Waals surface area contributed by atoms with Crippen molar-refractivity contribution in [3.63, 3.8) is 0 Å². The Bertz CT molecular complexity index is 1130. The second kappa shape index (κ2) is 5.46. The van der Waals surface area contributed by atoms with Gasteiger partial charge in [-0.05, 0) is 51.1 Å². The van der Waals surface area contributed by atoms with Crippen molar-refractivity contribution >= 4 is 39.3 Å². The number of aryl methyl sites for hydroxylation is 1. The Kier molecular flexibility index (Phi) is 3.19. The third-order valence-corrected chi connectivity index (χ3v) is 5.02. The zero-order valence-corrected chi connectivity index (χ0v) is 15.1. The normalized spacial score (nSPS) is 14.0. The van der Waals surface area contributed by atoms with Gasteiger partial charge in [-0.15, -0.1) is 0 Å². The molecule has 0 atom stereocenters. The molecule has 5 nitrogen and oxygen atoms in total. The number of hydrogen-bond donors (Lipinski definition) is 0. The van der Waals surface area contributed by atoms with E-state index in [9.17, 15) is 0 Å². The molecule has 1 aromatic carbocycles. The van der Waals surface area contributed by atoms with Crippen LogP contribution in [-0.2, 0) is 0 Å². The van der Waals surface area contributed by atoms with Crippen LogP contribution in [0.3, 0.4) is 0 Å². The molecule has 0 bridgehead atoms. The standard InChI is InChI=1S/C21H20N4O/c1-13(2)24-12-25(18-8-5-11-22-20(18)24)17-7-4-6-15-16-10-9-14(3)23-21(16)26-19(15)17/h4-11,13H,12H2,1-3H3. The number of benzene rings is 1. The van der Waals surface area contributed by atoms with E-state index in [1.807, 2.05) is 25.3 Å². The van der Waals surface area contributed by atoms with Crippen LogP contribution in [0.1, 0.15) is 19.5 Å². The molecule has 5 rings (SSSR count). The van der Waals surface area contributed by atoms with Gasteiger partial charge >= 0.3 is 0 Å². The highest BCUT2D eigenvalue weighted by atomic mass is 16.3. The fourth-order valence-electron chi connectivity index (χ4n) is 3.70. The van der Waals surface area contributed by atoms with Crippen LogP contribution >= 0.6 is 0 Å². The molecule has 4 aromatic rings. The summed E-state index contributed by atoms with van der Waals surface area (Å²) >= 11 is 0. The molecule has 130 valence electrons. The lowest BCUT2D eigenvalue weighted by Crippen LogP contribution is -2.33. The van der Waals surface area contributed by atoms with Crippen LogP contribution in [0, 0.1) is 6.92 Å². The number of para-hydroxylation sites is 1. The van der Waals surface area contributed by atoms with Crippen LogP contribution in [0.25, 0.3) is 22.1 Å². The van der Waals surface area contributed by atoms with Crippen molar-refractivity contribution < 1.29 is 4.42 Å². The molecule has 0 fully saturated rings. The topological polar surface area (TPSA) is 45.4 Å². The summed E-state index contributed by atoms with van der Waals surface area (Å²) in [6, 6.07) is 14.9. The van der Waals surface area contributed by atoms with Crippen LogP contribution in [0.4, 0.5) is 17.2 Å². The Morgan fingerprint density at radius 1 is 1.00 bits per heavy atom. The van der Waals surface area contributed by atoms with Crippen molar-refractivity contribution in [1.29, 1.82) is 0 Å². The van der Waals surface area contributed by atoms with Crippen LogP contribution in [0.5, 0.6) is 0 Å². The summed E-state index contributed by atoms with van der Waals surface area (Å²) in [6.45, 7) is 7.12. The second-order valence-electron chi connectivity index (χ2n) is 7.04. The van der Waals surface area contributed by atoms with E-state index >= 15 is 0 Å². The molecule has 4 heterocycles. The maximum atomic E-state index is 6.20. The van der Waals surface area contributed by atoms with E-state index in [1.54, 1.807) is 0 Å². The van der Waals surface area contributed by atoms with Crippen LogP contribution in [0.15, 0.2) is 53.1 Å². The van der Waals surface area contributed by atoms with E-state index < -0.39 is 0 Å². The first kappa shape index (κ1) is 15.2. The Morgan fingerprint density at radius 3 is 2.69 bits per heavy atom. The third-order valence-electron chi connectivity index (χ3n) is 5.02. The largest absolute Gasteiger partial charge is 0.435 e. The van der Waals surface area contributed by atoms with Gasteiger partial charge in [-0.2, -0.15) is 0 Å². The third kappa shape index (κ3) is 2.10. The molecule has 0 N–H and O–H groups in total. The summed E-state index contributed by atoms with van der Waals surface area (Å²) in [4.78, 5) is 13.8. The van der Waals surface area contributed by atoms with E-state index in [2.05, 4.69) is 63.9 Å². The molecule has 0 amide bonds. The lowest BCUT2D eigenvalue weighted by molar-refractivity contribution is 0.650. The lowest BCUT2D eigenvalue weighted by Gasteiger charge is -2.24. The number of aromatic nitrogens is 2. The van der Waals surface area contributed by atoms with Crippen LogP contribution < -0.4 is 9.80 Å². The minimum absolute atomic E-state index is 0.368. The molecule has 0 saturated heterocycles. The molecule has 0 aliphatic carbocycles. The van der Waals surface area contributed by atoms with Crippen molar-refractivity contribution in [2.45, 2.75) is 26.8 Å². The van der Waals surface area contributed by atoms with Gasteiger partial charge < -0.3 is 14.2 Å². The van der Waals surface area contributed by atoms with Crippen molar-refractivity contribution in [1.82, 2.24) is 9.97 Å². The zero-order valence-electron chi connectivity index (χ0n) is 15.1. The number of hydrogen-bond acceptors (Lipinski definition) is 5. The monoisotopic (exact) mass is 344 g/mol. The Morgan fingerprint density at radius 2 is 1.85 bits per heavy atom. The average molecular weight is 344 g/mol. The molecule has 1 aliphatic heterocycles. The molecular weight excluding hydrogens is 324 g/mol. The summed E-state index contributed by atoms with van der Waals surface area (Å²) in [6.07, 6.45) is 1.85. The molecular formula is C21H20N4O. The molecule has 0 unspecified atom stereocenters. The first-order chi connectivity index (χ1) is 12.6. The number of furan rings is 1. The minimum Gasteiger partial charge on any atom is -0.435 e. The van der Waals surface area contributed by atoms with Gasteiger partial charge in [0, 0.05) is 28.7 Å². The fourth-order valence-corrected chi connectivity index (χ4v) is 3.70. The first-order valence-corrected chi connectivity index (χ1v) is 8.91. The Labute approximate surface area is 151 Å². The van der Waals surface area contributed by atoms with Crippen molar-refractivity contribution in [2.24, 2.45) is 0 Å². The average Bonchev–Trinajstić information content (AvgIpc) is 3.19. The first-order valence-electron chi connectivity index (χ1n) is 8.91. The van der Waals surface area contributed by atoms with Gasteiger partial charge in [-0.1, -0.05) is 12.1 Å². The number of nitrogens with zero attached hydrogens (tertiary/aromatic N) is 4. The highest BCUT2D eigenvalue weighted by Crippen LogP contribution is 2.43. The predicted molar refractivity (Wildman–Crippen MR) is 105 cm³/mol.